The maximum absolute atomic E-state index is 5.24. The highest BCUT2D eigenvalue weighted by Gasteiger charge is 2.24. The molecule has 5 nitrogen and oxygen atoms in total. The Bertz CT molecular complexity index is 705. The van der Waals surface area contributed by atoms with E-state index in [4.69, 9.17) is 9.84 Å². The normalized spacial score (nSPS) is 15.0. The Hall–Kier alpha value is -1.85. The maximum Gasteiger partial charge on any atom is 0.118 e. The van der Waals surface area contributed by atoms with Crippen LogP contribution in [0.25, 0.3) is 0 Å². The molecule has 25 heavy (non-hydrogen) atoms. The monoisotopic (exact) mass is 342 g/mol. The second-order valence-electron chi connectivity index (χ2n) is 7.31. The molecule has 1 aliphatic rings. The topological polar surface area (TPSA) is 33.5 Å². The summed E-state index contributed by atoms with van der Waals surface area (Å²) >= 11 is 0. The van der Waals surface area contributed by atoms with Crippen molar-refractivity contribution in [2.75, 3.05) is 20.7 Å². The molecular formula is C20H30N4O. The number of benzene rings is 1. The Morgan fingerprint density at radius 2 is 1.96 bits per heavy atom. The van der Waals surface area contributed by atoms with Gasteiger partial charge in [0.25, 0.3) is 0 Å². The fourth-order valence-corrected chi connectivity index (χ4v) is 3.38. The molecule has 2 heterocycles. The first-order chi connectivity index (χ1) is 12.0. The Morgan fingerprint density at radius 3 is 2.60 bits per heavy atom. The van der Waals surface area contributed by atoms with Crippen molar-refractivity contribution < 1.29 is 4.74 Å². The van der Waals surface area contributed by atoms with Gasteiger partial charge in [0, 0.05) is 44.8 Å². The molecule has 0 atom stereocenters. The van der Waals surface area contributed by atoms with Crippen LogP contribution in [0, 0.1) is 0 Å². The van der Waals surface area contributed by atoms with E-state index < -0.39 is 0 Å². The third-order valence-electron chi connectivity index (χ3n) is 5.26. The number of fused-ring (bicyclic) bond motifs is 1. The predicted octanol–water partition coefficient (Wildman–Crippen LogP) is 2.83. The van der Waals surface area contributed by atoms with Crippen LogP contribution in [0.2, 0.25) is 0 Å². The zero-order valence-corrected chi connectivity index (χ0v) is 16.1. The van der Waals surface area contributed by atoms with Gasteiger partial charge in [0.15, 0.2) is 0 Å². The number of rotatable bonds is 6. The second-order valence-corrected chi connectivity index (χ2v) is 7.31. The van der Waals surface area contributed by atoms with E-state index in [-0.39, 0.29) is 0 Å². The van der Waals surface area contributed by atoms with Crippen LogP contribution in [-0.4, -0.2) is 46.3 Å². The Labute approximate surface area is 151 Å². The summed E-state index contributed by atoms with van der Waals surface area (Å²) in [6.45, 7) is 8.41. The van der Waals surface area contributed by atoms with Gasteiger partial charge in [-0.15, -0.1) is 0 Å². The molecule has 136 valence electrons. The Morgan fingerprint density at radius 1 is 1.24 bits per heavy atom. The summed E-state index contributed by atoms with van der Waals surface area (Å²) in [4.78, 5) is 4.86. The molecule has 3 rings (SSSR count). The van der Waals surface area contributed by atoms with E-state index in [2.05, 4.69) is 54.6 Å². The predicted molar refractivity (Wildman–Crippen MR) is 101 cm³/mol. The molecule has 2 aromatic rings. The van der Waals surface area contributed by atoms with Gasteiger partial charge >= 0.3 is 0 Å². The molecule has 0 fully saturated rings. The van der Waals surface area contributed by atoms with Crippen molar-refractivity contribution in [3.8, 4) is 5.75 Å². The van der Waals surface area contributed by atoms with E-state index in [0.29, 0.717) is 6.04 Å². The van der Waals surface area contributed by atoms with Crippen molar-refractivity contribution in [2.45, 2.75) is 45.9 Å². The fraction of sp³-hybridized carbons (Fsp3) is 0.550. The first-order valence-electron chi connectivity index (χ1n) is 9.07. The van der Waals surface area contributed by atoms with Gasteiger partial charge in [0.2, 0.25) is 0 Å². The van der Waals surface area contributed by atoms with E-state index >= 15 is 0 Å². The highest BCUT2D eigenvalue weighted by atomic mass is 16.5. The van der Waals surface area contributed by atoms with Crippen LogP contribution in [0.1, 0.15) is 36.4 Å². The summed E-state index contributed by atoms with van der Waals surface area (Å²) in [5.41, 5.74) is 5.40. The van der Waals surface area contributed by atoms with Crippen molar-refractivity contribution in [1.29, 1.82) is 0 Å². The minimum absolute atomic E-state index is 0.535. The summed E-state index contributed by atoms with van der Waals surface area (Å²) < 4.78 is 7.33. The van der Waals surface area contributed by atoms with Gasteiger partial charge in [-0.05, 0) is 45.0 Å². The van der Waals surface area contributed by atoms with Crippen LogP contribution in [0.4, 0.5) is 0 Å². The molecule has 1 aromatic heterocycles. The minimum Gasteiger partial charge on any atom is -0.497 e. The van der Waals surface area contributed by atoms with E-state index in [0.717, 1.165) is 38.3 Å². The summed E-state index contributed by atoms with van der Waals surface area (Å²) in [7, 11) is 5.96. The van der Waals surface area contributed by atoms with Crippen molar-refractivity contribution in [1.82, 2.24) is 19.6 Å². The number of ether oxygens (including phenoxy) is 1. The smallest absolute Gasteiger partial charge is 0.118 e. The van der Waals surface area contributed by atoms with Gasteiger partial charge in [-0.2, -0.15) is 5.10 Å². The fourth-order valence-electron chi connectivity index (χ4n) is 3.38. The maximum atomic E-state index is 5.24. The van der Waals surface area contributed by atoms with E-state index in [1.54, 1.807) is 7.11 Å². The van der Waals surface area contributed by atoms with Crippen molar-refractivity contribution in [2.24, 2.45) is 7.05 Å². The summed E-state index contributed by atoms with van der Waals surface area (Å²) in [5.74, 6) is 0.912. The van der Waals surface area contributed by atoms with Crippen LogP contribution in [-0.2, 0) is 33.1 Å². The van der Waals surface area contributed by atoms with Crippen LogP contribution in [0.5, 0.6) is 5.75 Å². The molecular weight excluding hydrogens is 312 g/mol. The molecule has 5 heteroatoms. The number of methoxy groups -OCH3 is 1. The van der Waals surface area contributed by atoms with Crippen LogP contribution in [0.3, 0.4) is 0 Å². The van der Waals surface area contributed by atoms with Crippen LogP contribution in [0.15, 0.2) is 24.3 Å². The number of aryl methyl sites for hydroxylation is 1. The molecule has 0 aliphatic carbocycles. The SMILES string of the molecule is COc1ccc(CN2CCc3c(CN(C)C(C)C)nn(C)c3C2)cc1. The van der Waals surface area contributed by atoms with Gasteiger partial charge in [-0.3, -0.25) is 14.5 Å². The van der Waals surface area contributed by atoms with Gasteiger partial charge in [-0.25, -0.2) is 0 Å². The van der Waals surface area contributed by atoms with Gasteiger partial charge < -0.3 is 4.74 Å². The summed E-state index contributed by atoms with van der Waals surface area (Å²) in [6.07, 6.45) is 1.08. The molecule has 0 spiro atoms. The Balaban J connectivity index is 1.69. The third kappa shape index (κ3) is 4.05. The highest BCUT2D eigenvalue weighted by molar-refractivity contribution is 5.30. The lowest BCUT2D eigenvalue weighted by Gasteiger charge is -2.28. The van der Waals surface area contributed by atoms with Crippen molar-refractivity contribution in [3.05, 3.63) is 46.8 Å². The van der Waals surface area contributed by atoms with Gasteiger partial charge in [0.05, 0.1) is 18.5 Å². The number of nitrogens with zero attached hydrogens (tertiary/aromatic N) is 4. The largest absolute Gasteiger partial charge is 0.497 e. The number of hydrogen-bond donors (Lipinski definition) is 0. The zero-order chi connectivity index (χ0) is 18.0. The molecule has 0 bridgehead atoms. The first kappa shape index (κ1) is 18.0. The molecule has 0 radical (unpaired) electrons. The lowest BCUT2D eigenvalue weighted by molar-refractivity contribution is 0.236. The molecule has 0 N–H and O–H groups in total. The van der Waals surface area contributed by atoms with Gasteiger partial charge in [0.1, 0.15) is 5.75 Å². The molecule has 0 saturated heterocycles. The standard InChI is InChI=1S/C20H30N4O/c1-15(2)22(3)13-19-18-10-11-24(14-20(18)23(4)21-19)12-16-6-8-17(25-5)9-7-16/h6-9,15H,10-14H2,1-5H3. The second kappa shape index (κ2) is 7.58. The summed E-state index contributed by atoms with van der Waals surface area (Å²) in [6, 6.07) is 8.91. The number of aromatic nitrogens is 2. The first-order valence-corrected chi connectivity index (χ1v) is 9.07. The minimum atomic E-state index is 0.535. The van der Waals surface area contributed by atoms with E-state index in [1.807, 2.05) is 12.1 Å². The third-order valence-corrected chi connectivity index (χ3v) is 5.26. The van der Waals surface area contributed by atoms with Crippen molar-refractivity contribution >= 4 is 0 Å². The lowest BCUT2D eigenvalue weighted by Crippen LogP contribution is -2.31. The molecule has 0 amide bonds. The highest BCUT2D eigenvalue weighted by Crippen LogP contribution is 2.24. The zero-order valence-electron chi connectivity index (χ0n) is 16.1. The van der Waals surface area contributed by atoms with Gasteiger partial charge in [-0.1, -0.05) is 12.1 Å². The molecule has 0 unspecified atom stereocenters. The molecule has 1 aliphatic heterocycles. The quantitative estimate of drug-likeness (QED) is 0.808. The average Bonchev–Trinajstić information content (AvgIpc) is 2.91. The molecule has 1 aromatic carbocycles. The average molecular weight is 342 g/mol. The summed E-state index contributed by atoms with van der Waals surface area (Å²) in [5, 5.41) is 4.81. The molecule has 0 saturated carbocycles. The van der Waals surface area contributed by atoms with E-state index in [9.17, 15) is 0 Å². The lowest BCUT2D eigenvalue weighted by atomic mass is 10.0. The van der Waals surface area contributed by atoms with Crippen LogP contribution < -0.4 is 4.74 Å². The van der Waals surface area contributed by atoms with E-state index in [1.165, 1.54) is 22.5 Å². The van der Waals surface area contributed by atoms with Crippen molar-refractivity contribution in [3.63, 3.8) is 0 Å². The Kier molecular flexibility index (Phi) is 5.45. The number of hydrogen-bond acceptors (Lipinski definition) is 4. The van der Waals surface area contributed by atoms with Crippen LogP contribution >= 0.6 is 0 Å².